The lowest BCUT2D eigenvalue weighted by atomic mass is 9.96. The summed E-state index contributed by atoms with van der Waals surface area (Å²) in [5.41, 5.74) is 0.770. The minimum absolute atomic E-state index is 0.0476. The van der Waals surface area contributed by atoms with Crippen molar-refractivity contribution in [2.45, 2.75) is 26.2 Å². The van der Waals surface area contributed by atoms with E-state index in [4.69, 9.17) is 5.11 Å². The summed E-state index contributed by atoms with van der Waals surface area (Å²) in [4.78, 5) is 27.0. The van der Waals surface area contributed by atoms with Crippen LogP contribution in [-0.2, 0) is 9.59 Å². The maximum Gasteiger partial charge on any atom is 0.306 e. The Balaban J connectivity index is 1.80. The summed E-state index contributed by atoms with van der Waals surface area (Å²) in [5.74, 6) is -1.23. The summed E-state index contributed by atoms with van der Waals surface area (Å²) in [7, 11) is 0. The van der Waals surface area contributed by atoms with E-state index in [0.29, 0.717) is 13.0 Å². The van der Waals surface area contributed by atoms with Crippen LogP contribution in [0.5, 0.6) is 0 Å². The molecule has 0 aliphatic heterocycles. The van der Waals surface area contributed by atoms with Gasteiger partial charge in [0, 0.05) is 18.0 Å². The Morgan fingerprint density at radius 3 is 3.00 bits per heavy atom. The monoisotopic (exact) mass is 294 g/mol. The molecule has 1 heterocycles. The molecule has 1 aromatic rings. The van der Waals surface area contributed by atoms with Crippen LogP contribution < -0.4 is 5.32 Å². The largest absolute Gasteiger partial charge is 0.481 e. The highest BCUT2D eigenvalue weighted by Gasteiger charge is 2.32. The summed E-state index contributed by atoms with van der Waals surface area (Å²) >= 11 is 1.53. The predicted octanol–water partition coefficient (Wildman–Crippen LogP) is 2.08. The molecule has 0 bridgehead atoms. The van der Waals surface area contributed by atoms with Gasteiger partial charge in [0.25, 0.3) is 0 Å². The number of aryl methyl sites for hydroxylation is 1. The van der Waals surface area contributed by atoms with Crippen molar-refractivity contribution >= 4 is 29.3 Å². The first-order chi connectivity index (χ1) is 9.56. The second kappa shape index (κ2) is 6.65. The van der Waals surface area contributed by atoms with Crippen LogP contribution in [0.25, 0.3) is 6.08 Å². The smallest absolute Gasteiger partial charge is 0.306 e. The van der Waals surface area contributed by atoms with Crippen LogP contribution in [0.2, 0.25) is 0 Å². The van der Waals surface area contributed by atoms with Crippen LogP contribution in [0.4, 0.5) is 0 Å². The topological polar surface area (TPSA) is 79.3 Å². The Kier molecular flexibility index (Phi) is 4.89. The zero-order chi connectivity index (χ0) is 14.5. The van der Waals surface area contributed by atoms with E-state index in [1.165, 1.54) is 17.4 Å². The van der Waals surface area contributed by atoms with Crippen LogP contribution >= 0.6 is 11.3 Å². The molecule has 2 unspecified atom stereocenters. The molecular formula is C14H18N2O3S. The van der Waals surface area contributed by atoms with Crippen LogP contribution in [0.1, 0.15) is 30.0 Å². The van der Waals surface area contributed by atoms with Gasteiger partial charge in [-0.3, -0.25) is 9.59 Å². The molecule has 20 heavy (non-hydrogen) atoms. The van der Waals surface area contributed by atoms with E-state index in [-0.39, 0.29) is 17.7 Å². The molecule has 1 aliphatic carbocycles. The van der Waals surface area contributed by atoms with Gasteiger partial charge in [0.1, 0.15) is 0 Å². The summed E-state index contributed by atoms with van der Waals surface area (Å²) in [5, 5.41) is 14.7. The molecule has 2 atom stereocenters. The first kappa shape index (κ1) is 14.7. The van der Waals surface area contributed by atoms with Crippen LogP contribution in [-0.4, -0.2) is 28.5 Å². The number of carbonyl (C=O) groups is 2. The number of aromatic nitrogens is 1. The third-order valence-corrected chi connectivity index (χ3v) is 4.35. The molecular weight excluding hydrogens is 276 g/mol. The standard InChI is InChI=1S/C14H18N2O3S/c1-9-16-11(8-20-9)5-6-13(17)15-7-10-3-2-4-12(10)14(18)19/h5-6,8,10,12H,2-4,7H2,1H3,(H,15,17)(H,18,19). The van der Waals surface area contributed by atoms with Gasteiger partial charge < -0.3 is 10.4 Å². The molecule has 1 saturated carbocycles. The normalized spacial score (nSPS) is 22.2. The Bertz CT molecular complexity index is 524. The second-order valence-electron chi connectivity index (χ2n) is 5.01. The molecule has 2 rings (SSSR count). The SMILES string of the molecule is Cc1nc(C=CC(=O)NCC2CCCC2C(=O)O)cs1. The molecule has 0 radical (unpaired) electrons. The maximum atomic E-state index is 11.7. The summed E-state index contributed by atoms with van der Waals surface area (Å²) in [6.07, 6.45) is 5.61. The van der Waals surface area contributed by atoms with Gasteiger partial charge in [0.15, 0.2) is 0 Å². The van der Waals surface area contributed by atoms with Crippen molar-refractivity contribution in [2.24, 2.45) is 11.8 Å². The number of hydrogen-bond acceptors (Lipinski definition) is 4. The molecule has 1 aliphatic rings. The molecule has 6 heteroatoms. The fraction of sp³-hybridized carbons (Fsp3) is 0.500. The fourth-order valence-corrected chi connectivity index (χ4v) is 3.10. The third kappa shape index (κ3) is 3.90. The zero-order valence-electron chi connectivity index (χ0n) is 11.3. The van der Waals surface area contributed by atoms with Crippen molar-refractivity contribution in [3.05, 3.63) is 22.2 Å². The maximum absolute atomic E-state index is 11.7. The van der Waals surface area contributed by atoms with E-state index in [0.717, 1.165) is 23.5 Å². The first-order valence-corrected chi connectivity index (χ1v) is 7.55. The number of aliphatic carboxylic acids is 1. The van der Waals surface area contributed by atoms with Gasteiger partial charge in [-0.15, -0.1) is 11.3 Å². The Labute approximate surface area is 121 Å². The van der Waals surface area contributed by atoms with Crippen molar-refractivity contribution in [3.63, 3.8) is 0 Å². The van der Waals surface area contributed by atoms with Gasteiger partial charge >= 0.3 is 5.97 Å². The highest BCUT2D eigenvalue weighted by molar-refractivity contribution is 7.09. The molecule has 5 nitrogen and oxygen atoms in total. The Morgan fingerprint density at radius 1 is 1.55 bits per heavy atom. The molecule has 0 aromatic carbocycles. The molecule has 1 amide bonds. The van der Waals surface area contributed by atoms with Gasteiger partial charge in [-0.1, -0.05) is 6.42 Å². The van der Waals surface area contributed by atoms with E-state index in [2.05, 4.69) is 10.3 Å². The van der Waals surface area contributed by atoms with Crippen molar-refractivity contribution in [1.29, 1.82) is 0 Å². The molecule has 0 spiro atoms. The highest BCUT2D eigenvalue weighted by atomic mass is 32.1. The van der Waals surface area contributed by atoms with Crippen LogP contribution in [0, 0.1) is 18.8 Å². The molecule has 0 saturated heterocycles. The number of carbonyl (C=O) groups excluding carboxylic acids is 1. The molecule has 1 aromatic heterocycles. The Hall–Kier alpha value is -1.69. The van der Waals surface area contributed by atoms with E-state index in [1.807, 2.05) is 12.3 Å². The summed E-state index contributed by atoms with van der Waals surface area (Å²) < 4.78 is 0. The minimum atomic E-state index is -0.754. The highest BCUT2D eigenvalue weighted by Crippen LogP contribution is 2.31. The number of carboxylic acid groups (broad SMARTS) is 1. The number of rotatable bonds is 5. The summed E-state index contributed by atoms with van der Waals surface area (Å²) in [6, 6.07) is 0. The van der Waals surface area contributed by atoms with E-state index < -0.39 is 5.97 Å². The van der Waals surface area contributed by atoms with Gasteiger partial charge in [-0.2, -0.15) is 0 Å². The van der Waals surface area contributed by atoms with Crippen molar-refractivity contribution in [3.8, 4) is 0 Å². The zero-order valence-corrected chi connectivity index (χ0v) is 12.2. The van der Waals surface area contributed by atoms with Gasteiger partial charge in [0.05, 0.1) is 16.6 Å². The average molecular weight is 294 g/mol. The van der Waals surface area contributed by atoms with Crippen LogP contribution in [0.15, 0.2) is 11.5 Å². The Morgan fingerprint density at radius 2 is 2.35 bits per heavy atom. The van der Waals surface area contributed by atoms with Crippen molar-refractivity contribution in [2.75, 3.05) is 6.54 Å². The van der Waals surface area contributed by atoms with Gasteiger partial charge in [-0.25, -0.2) is 4.98 Å². The number of nitrogens with zero attached hydrogens (tertiary/aromatic N) is 1. The summed E-state index contributed by atoms with van der Waals surface area (Å²) in [6.45, 7) is 2.34. The fourth-order valence-electron chi connectivity index (χ4n) is 2.51. The van der Waals surface area contributed by atoms with Crippen molar-refractivity contribution < 1.29 is 14.7 Å². The van der Waals surface area contributed by atoms with Crippen molar-refractivity contribution in [1.82, 2.24) is 10.3 Å². The molecule has 2 N–H and O–H groups in total. The number of thiazole rings is 1. The molecule has 108 valence electrons. The third-order valence-electron chi connectivity index (χ3n) is 3.56. The van der Waals surface area contributed by atoms with E-state index in [9.17, 15) is 9.59 Å². The first-order valence-electron chi connectivity index (χ1n) is 6.67. The lowest BCUT2D eigenvalue weighted by molar-refractivity contribution is -0.143. The lowest BCUT2D eigenvalue weighted by Crippen LogP contribution is -2.32. The number of hydrogen-bond donors (Lipinski definition) is 2. The molecule has 1 fully saturated rings. The number of nitrogens with one attached hydrogen (secondary N) is 1. The van der Waals surface area contributed by atoms with E-state index >= 15 is 0 Å². The second-order valence-corrected chi connectivity index (χ2v) is 6.07. The average Bonchev–Trinajstić information content (AvgIpc) is 3.02. The number of carboxylic acids is 1. The quantitative estimate of drug-likeness (QED) is 0.815. The number of amides is 1. The van der Waals surface area contributed by atoms with E-state index in [1.54, 1.807) is 6.08 Å². The minimum Gasteiger partial charge on any atom is -0.481 e. The lowest BCUT2D eigenvalue weighted by Gasteiger charge is -2.15. The van der Waals surface area contributed by atoms with Gasteiger partial charge in [-0.05, 0) is 31.8 Å². The van der Waals surface area contributed by atoms with Crippen LogP contribution in [0.3, 0.4) is 0 Å². The predicted molar refractivity (Wildman–Crippen MR) is 77.4 cm³/mol. The van der Waals surface area contributed by atoms with Gasteiger partial charge in [0.2, 0.25) is 5.91 Å².